The van der Waals surface area contributed by atoms with Crippen molar-refractivity contribution < 1.29 is 9.47 Å². The zero-order valence-electron chi connectivity index (χ0n) is 11.0. The third-order valence-electron chi connectivity index (χ3n) is 2.63. The van der Waals surface area contributed by atoms with Crippen LogP contribution in [0, 0.1) is 6.92 Å². The summed E-state index contributed by atoms with van der Waals surface area (Å²) >= 11 is 1.79. The van der Waals surface area contributed by atoms with Crippen LogP contribution in [0.4, 0.5) is 0 Å². The van der Waals surface area contributed by atoms with Crippen LogP contribution in [0.5, 0.6) is 0 Å². The van der Waals surface area contributed by atoms with Gasteiger partial charge in [-0.25, -0.2) is 0 Å². The quantitative estimate of drug-likeness (QED) is 0.690. The molecule has 0 spiro atoms. The molecule has 0 saturated heterocycles. The number of rotatable bonds is 9. The van der Waals surface area contributed by atoms with Crippen molar-refractivity contribution in [1.82, 2.24) is 5.32 Å². The Morgan fingerprint density at radius 2 is 2.24 bits per heavy atom. The highest BCUT2D eigenvalue weighted by Crippen LogP contribution is 2.22. The number of nitrogens with one attached hydrogen (secondary N) is 1. The van der Waals surface area contributed by atoms with Gasteiger partial charge in [-0.15, -0.1) is 11.3 Å². The van der Waals surface area contributed by atoms with Crippen LogP contribution in [0.1, 0.15) is 29.8 Å². The van der Waals surface area contributed by atoms with Crippen molar-refractivity contribution in [3.8, 4) is 0 Å². The van der Waals surface area contributed by atoms with Crippen molar-refractivity contribution in [2.45, 2.75) is 26.3 Å². The monoisotopic (exact) mass is 257 g/mol. The van der Waals surface area contributed by atoms with Gasteiger partial charge in [0.2, 0.25) is 0 Å². The summed E-state index contributed by atoms with van der Waals surface area (Å²) in [5, 5.41) is 5.67. The van der Waals surface area contributed by atoms with Crippen LogP contribution in [0.25, 0.3) is 0 Å². The minimum Gasteiger partial charge on any atom is -0.382 e. The van der Waals surface area contributed by atoms with Crippen molar-refractivity contribution in [3.63, 3.8) is 0 Å². The summed E-state index contributed by atoms with van der Waals surface area (Å²) in [4.78, 5) is 1.37. The molecule has 98 valence electrons. The number of methoxy groups -OCH3 is 1. The Hall–Kier alpha value is -0.420. The van der Waals surface area contributed by atoms with E-state index in [4.69, 9.17) is 9.47 Å². The molecule has 0 aromatic carbocycles. The number of aryl methyl sites for hydroxylation is 1. The van der Waals surface area contributed by atoms with Crippen molar-refractivity contribution in [2.75, 3.05) is 33.5 Å². The lowest BCUT2D eigenvalue weighted by atomic mass is 10.1. The van der Waals surface area contributed by atoms with Crippen molar-refractivity contribution >= 4 is 11.3 Å². The number of hydrogen-bond donors (Lipinski definition) is 1. The van der Waals surface area contributed by atoms with Gasteiger partial charge in [0, 0.05) is 12.0 Å². The van der Waals surface area contributed by atoms with Crippen molar-refractivity contribution in [3.05, 3.63) is 21.9 Å². The van der Waals surface area contributed by atoms with Gasteiger partial charge in [0.25, 0.3) is 0 Å². The van der Waals surface area contributed by atoms with Gasteiger partial charge in [0.1, 0.15) is 0 Å². The lowest BCUT2D eigenvalue weighted by Crippen LogP contribution is -2.27. The van der Waals surface area contributed by atoms with E-state index in [1.54, 1.807) is 18.4 Å². The molecule has 0 bridgehead atoms. The molecule has 0 amide bonds. The molecular formula is C13H23NO2S. The third-order valence-corrected chi connectivity index (χ3v) is 3.49. The molecule has 1 unspecified atom stereocenters. The second kappa shape index (κ2) is 8.64. The summed E-state index contributed by atoms with van der Waals surface area (Å²) < 4.78 is 10.6. The summed E-state index contributed by atoms with van der Waals surface area (Å²) in [6, 6.07) is 2.49. The largest absolute Gasteiger partial charge is 0.382 e. The molecule has 3 nitrogen and oxygen atoms in total. The lowest BCUT2D eigenvalue weighted by molar-refractivity contribution is 0.0585. The second-order valence-electron chi connectivity index (χ2n) is 4.01. The van der Waals surface area contributed by atoms with Gasteiger partial charge < -0.3 is 14.8 Å². The van der Waals surface area contributed by atoms with Gasteiger partial charge in [-0.1, -0.05) is 6.92 Å². The van der Waals surface area contributed by atoms with Crippen LogP contribution in [0.2, 0.25) is 0 Å². The fourth-order valence-electron chi connectivity index (χ4n) is 1.68. The average Bonchev–Trinajstić information content (AvgIpc) is 2.75. The first-order chi connectivity index (χ1) is 8.29. The van der Waals surface area contributed by atoms with E-state index < -0.39 is 0 Å². The van der Waals surface area contributed by atoms with E-state index in [9.17, 15) is 0 Å². The maximum absolute atomic E-state index is 5.63. The molecule has 1 heterocycles. The van der Waals surface area contributed by atoms with Gasteiger partial charge in [-0.2, -0.15) is 0 Å². The van der Waals surface area contributed by atoms with Crippen LogP contribution < -0.4 is 5.32 Å². The van der Waals surface area contributed by atoms with Gasteiger partial charge in [-0.3, -0.25) is 0 Å². The van der Waals surface area contributed by atoms with Gasteiger partial charge >= 0.3 is 0 Å². The van der Waals surface area contributed by atoms with Crippen LogP contribution in [0.15, 0.2) is 11.4 Å². The zero-order chi connectivity index (χ0) is 12.5. The number of thiophene rings is 1. The molecule has 0 aliphatic carbocycles. The lowest BCUT2D eigenvalue weighted by Gasteiger charge is -2.18. The number of ether oxygens (including phenoxy) is 2. The van der Waals surface area contributed by atoms with E-state index in [0.717, 1.165) is 13.0 Å². The molecule has 0 aliphatic rings. The minimum absolute atomic E-state index is 0.304. The first-order valence-corrected chi connectivity index (χ1v) is 7.01. The van der Waals surface area contributed by atoms with E-state index in [2.05, 4.69) is 30.6 Å². The molecule has 1 aromatic rings. The summed E-state index contributed by atoms with van der Waals surface area (Å²) in [7, 11) is 1.69. The zero-order valence-corrected chi connectivity index (χ0v) is 11.8. The van der Waals surface area contributed by atoms with Crippen LogP contribution in [0.3, 0.4) is 0 Å². The van der Waals surface area contributed by atoms with Crippen LogP contribution >= 0.6 is 11.3 Å². The Morgan fingerprint density at radius 3 is 2.82 bits per heavy atom. The Morgan fingerprint density at radius 1 is 1.41 bits per heavy atom. The Kier molecular flexibility index (Phi) is 7.44. The molecule has 1 aromatic heterocycles. The molecule has 0 aliphatic heterocycles. The maximum atomic E-state index is 5.63. The maximum Gasteiger partial charge on any atom is 0.0701 e. The van der Waals surface area contributed by atoms with E-state index in [1.165, 1.54) is 10.4 Å². The van der Waals surface area contributed by atoms with Crippen molar-refractivity contribution in [1.29, 1.82) is 0 Å². The topological polar surface area (TPSA) is 30.5 Å². The fourth-order valence-corrected chi connectivity index (χ4v) is 2.44. The summed E-state index contributed by atoms with van der Waals surface area (Å²) in [5.41, 5.74) is 1.36. The molecule has 1 rings (SSSR count). The van der Waals surface area contributed by atoms with Crippen LogP contribution in [-0.2, 0) is 9.47 Å². The van der Waals surface area contributed by atoms with Gasteiger partial charge in [0.15, 0.2) is 0 Å². The summed E-state index contributed by atoms with van der Waals surface area (Å²) in [6.45, 7) is 7.38. The highest BCUT2D eigenvalue weighted by molar-refractivity contribution is 7.10. The Bertz CT molecular complexity index is 301. The van der Waals surface area contributed by atoms with E-state index in [0.29, 0.717) is 25.9 Å². The number of hydrogen-bond acceptors (Lipinski definition) is 4. The van der Waals surface area contributed by atoms with Crippen LogP contribution in [-0.4, -0.2) is 33.5 Å². The molecule has 4 heteroatoms. The molecule has 0 radical (unpaired) electrons. The normalized spacial score (nSPS) is 12.9. The summed E-state index contributed by atoms with van der Waals surface area (Å²) in [6.07, 6.45) is 1.14. The first-order valence-electron chi connectivity index (χ1n) is 6.13. The molecule has 0 fully saturated rings. The average molecular weight is 257 g/mol. The van der Waals surface area contributed by atoms with E-state index >= 15 is 0 Å². The Balaban J connectivity index is 2.46. The molecule has 17 heavy (non-hydrogen) atoms. The highest BCUT2D eigenvalue weighted by atomic mass is 32.1. The standard InChI is InChI=1S/C13H23NO2S/c1-4-6-14-13(10-16-8-7-15-3)12-5-9-17-11(12)2/h5,9,13-14H,4,6-8,10H2,1-3H3. The SMILES string of the molecule is CCCNC(COCCOC)c1ccsc1C. The second-order valence-corrected chi connectivity index (χ2v) is 5.13. The van der Waals surface area contributed by atoms with E-state index in [-0.39, 0.29) is 0 Å². The third kappa shape index (κ3) is 5.17. The molecular weight excluding hydrogens is 234 g/mol. The minimum atomic E-state index is 0.304. The highest BCUT2D eigenvalue weighted by Gasteiger charge is 2.13. The molecule has 1 atom stereocenters. The molecule has 0 saturated carbocycles. The predicted octanol–water partition coefficient (Wildman–Crippen LogP) is 2.76. The fraction of sp³-hybridized carbons (Fsp3) is 0.692. The smallest absolute Gasteiger partial charge is 0.0701 e. The summed E-state index contributed by atoms with van der Waals surface area (Å²) in [5.74, 6) is 0. The van der Waals surface area contributed by atoms with Crippen molar-refractivity contribution in [2.24, 2.45) is 0 Å². The molecule has 1 N–H and O–H groups in total. The Labute approximate surface area is 108 Å². The van der Waals surface area contributed by atoms with E-state index in [1.807, 2.05) is 0 Å². The first kappa shape index (κ1) is 14.6. The van der Waals surface area contributed by atoms with Gasteiger partial charge in [0.05, 0.1) is 25.9 Å². The van der Waals surface area contributed by atoms with Gasteiger partial charge in [-0.05, 0) is 36.9 Å². The predicted molar refractivity (Wildman–Crippen MR) is 72.8 cm³/mol.